The first-order chi connectivity index (χ1) is 6.83. The van der Waals surface area contributed by atoms with Crippen molar-refractivity contribution in [2.75, 3.05) is 6.61 Å². The van der Waals surface area contributed by atoms with E-state index in [0.29, 0.717) is 12.5 Å². The van der Waals surface area contributed by atoms with Crippen molar-refractivity contribution in [2.24, 2.45) is 5.92 Å². The number of aryl methyl sites for hydroxylation is 1. The van der Waals surface area contributed by atoms with E-state index < -0.39 is 0 Å². The van der Waals surface area contributed by atoms with Gasteiger partial charge in [-0.3, -0.25) is 0 Å². The van der Waals surface area contributed by atoms with Crippen LogP contribution in [-0.2, 0) is 0 Å². The lowest BCUT2D eigenvalue weighted by molar-refractivity contribution is 0.269. The fraction of sp³-hybridized carbons (Fsp3) is 0.538. The third kappa shape index (κ3) is 1.98. The molecule has 2 rings (SSSR count). The summed E-state index contributed by atoms with van der Waals surface area (Å²) in [5, 5.41) is 9.07. The molecule has 1 N–H and O–H groups in total. The van der Waals surface area contributed by atoms with Gasteiger partial charge in [0.2, 0.25) is 0 Å². The van der Waals surface area contributed by atoms with Crippen molar-refractivity contribution in [3.63, 3.8) is 0 Å². The summed E-state index contributed by atoms with van der Waals surface area (Å²) in [6, 6.07) is 8.58. The van der Waals surface area contributed by atoms with Crippen LogP contribution in [0.5, 0.6) is 0 Å². The van der Waals surface area contributed by atoms with Crippen molar-refractivity contribution in [1.82, 2.24) is 0 Å². The summed E-state index contributed by atoms with van der Waals surface area (Å²) in [6.45, 7) is 2.48. The van der Waals surface area contributed by atoms with Gasteiger partial charge in [0.05, 0.1) is 0 Å². The first-order valence-corrected chi connectivity index (χ1v) is 5.49. The Labute approximate surface area is 85.8 Å². The molecule has 1 aliphatic rings. The van der Waals surface area contributed by atoms with Crippen molar-refractivity contribution in [3.05, 3.63) is 35.4 Å². The van der Waals surface area contributed by atoms with Gasteiger partial charge in [-0.1, -0.05) is 24.3 Å². The van der Waals surface area contributed by atoms with Crippen LogP contribution in [-0.4, -0.2) is 11.7 Å². The Morgan fingerprint density at radius 2 is 2.07 bits per heavy atom. The molecule has 0 bridgehead atoms. The lowest BCUT2D eigenvalue weighted by Crippen LogP contribution is -2.05. The second kappa shape index (κ2) is 4.14. The molecule has 14 heavy (non-hydrogen) atoms. The number of hydrogen-bond donors (Lipinski definition) is 1. The maximum atomic E-state index is 9.07. The Kier molecular flexibility index (Phi) is 2.87. The van der Waals surface area contributed by atoms with E-state index in [1.54, 1.807) is 0 Å². The zero-order valence-electron chi connectivity index (χ0n) is 8.74. The number of benzene rings is 1. The van der Waals surface area contributed by atoms with Crippen LogP contribution < -0.4 is 0 Å². The topological polar surface area (TPSA) is 20.2 Å². The number of aliphatic hydroxyl groups excluding tert-OH is 1. The highest BCUT2D eigenvalue weighted by atomic mass is 16.3. The number of hydrogen-bond acceptors (Lipinski definition) is 1. The minimum atomic E-state index is 0.315. The molecule has 1 aliphatic carbocycles. The van der Waals surface area contributed by atoms with Crippen LogP contribution in [0, 0.1) is 12.8 Å². The van der Waals surface area contributed by atoms with E-state index in [-0.39, 0.29) is 0 Å². The maximum absolute atomic E-state index is 9.07. The molecule has 1 aromatic rings. The van der Waals surface area contributed by atoms with E-state index in [2.05, 4.69) is 31.2 Å². The van der Waals surface area contributed by atoms with Gasteiger partial charge in [0.25, 0.3) is 0 Å². The first kappa shape index (κ1) is 9.72. The molecule has 1 heteroatoms. The monoisotopic (exact) mass is 190 g/mol. The van der Waals surface area contributed by atoms with E-state index >= 15 is 0 Å². The third-order valence-electron chi connectivity index (χ3n) is 3.22. The van der Waals surface area contributed by atoms with Gasteiger partial charge in [-0.2, -0.15) is 0 Å². The van der Waals surface area contributed by atoms with Gasteiger partial charge >= 0.3 is 0 Å². The molecule has 1 aromatic carbocycles. The summed E-state index contributed by atoms with van der Waals surface area (Å²) in [6.07, 6.45) is 3.62. The lowest BCUT2D eigenvalue weighted by atomic mass is 9.88. The summed E-state index contributed by atoms with van der Waals surface area (Å²) in [5.41, 5.74) is 2.82. The van der Waals surface area contributed by atoms with Crippen molar-refractivity contribution in [3.8, 4) is 0 Å². The van der Waals surface area contributed by atoms with Crippen molar-refractivity contribution >= 4 is 0 Å². The van der Waals surface area contributed by atoms with Gasteiger partial charge in [0, 0.05) is 6.61 Å². The van der Waals surface area contributed by atoms with Gasteiger partial charge in [0.15, 0.2) is 0 Å². The predicted octanol–water partition coefficient (Wildman–Crippen LogP) is 2.87. The van der Waals surface area contributed by atoms with Crippen LogP contribution in [0.25, 0.3) is 0 Å². The molecule has 1 fully saturated rings. The van der Waals surface area contributed by atoms with Crippen molar-refractivity contribution in [2.45, 2.75) is 32.1 Å². The van der Waals surface area contributed by atoms with E-state index in [0.717, 1.165) is 12.3 Å². The molecule has 0 spiro atoms. The Morgan fingerprint density at radius 1 is 1.36 bits per heavy atom. The molecule has 0 radical (unpaired) electrons. The molecule has 1 nitrogen and oxygen atoms in total. The normalized spacial score (nSPS) is 18.1. The van der Waals surface area contributed by atoms with Gasteiger partial charge in [-0.15, -0.1) is 0 Å². The van der Waals surface area contributed by atoms with E-state index in [4.69, 9.17) is 5.11 Å². The van der Waals surface area contributed by atoms with E-state index in [1.807, 2.05) is 0 Å². The van der Waals surface area contributed by atoms with Crippen LogP contribution in [0.2, 0.25) is 0 Å². The van der Waals surface area contributed by atoms with Gasteiger partial charge in [0.1, 0.15) is 0 Å². The molecular formula is C13H18O. The largest absolute Gasteiger partial charge is 0.396 e. The quantitative estimate of drug-likeness (QED) is 0.774. The lowest BCUT2D eigenvalue weighted by Gasteiger charge is -2.17. The zero-order valence-corrected chi connectivity index (χ0v) is 8.74. The average molecular weight is 190 g/mol. The van der Waals surface area contributed by atoms with Crippen LogP contribution in [0.4, 0.5) is 0 Å². The summed E-state index contributed by atoms with van der Waals surface area (Å²) >= 11 is 0. The minimum Gasteiger partial charge on any atom is -0.396 e. The number of rotatable bonds is 4. The summed E-state index contributed by atoms with van der Waals surface area (Å²) in [4.78, 5) is 0. The Hall–Kier alpha value is -0.820. The van der Waals surface area contributed by atoms with Crippen LogP contribution in [0.15, 0.2) is 24.3 Å². The first-order valence-electron chi connectivity index (χ1n) is 5.49. The zero-order chi connectivity index (χ0) is 9.97. The molecule has 0 amide bonds. The molecule has 0 aromatic heterocycles. The number of aliphatic hydroxyl groups is 1. The molecule has 0 aliphatic heterocycles. The minimum absolute atomic E-state index is 0.315. The third-order valence-corrected chi connectivity index (χ3v) is 3.22. The van der Waals surface area contributed by atoms with E-state index in [1.165, 1.54) is 24.0 Å². The molecule has 76 valence electrons. The fourth-order valence-electron chi connectivity index (χ4n) is 2.29. The molecule has 1 saturated carbocycles. The van der Waals surface area contributed by atoms with Crippen LogP contribution in [0.1, 0.15) is 36.3 Å². The van der Waals surface area contributed by atoms with E-state index in [9.17, 15) is 0 Å². The highest BCUT2D eigenvalue weighted by Gasteiger charge is 2.32. The second-order valence-electron chi connectivity index (χ2n) is 4.31. The Balaban J connectivity index is 2.21. The highest BCUT2D eigenvalue weighted by Crippen LogP contribution is 2.45. The standard InChI is InChI=1S/C13H18O/c1-10-4-2-3-5-12(10)13(8-9-14)11-6-7-11/h2-5,11,13-14H,6-9H2,1H3. The van der Waals surface area contributed by atoms with Gasteiger partial charge in [-0.05, 0) is 49.1 Å². The second-order valence-corrected chi connectivity index (χ2v) is 4.31. The van der Waals surface area contributed by atoms with Gasteiger partial charge in [-0.25, -0.2) is 0 Å². The molecule has 1 unspecified atom stereocenters. The average Bonchev–Trinajstić information content (AvgIpc) is 2.99. The van der Waals surface area contributed by atoms with Crippen LogP contribution in [0.3, 0.4) is 0 Å². The van der Waals surface area contributed by atoms with Crippen LogP contribution >= 0.6 is 0 Å². The molecule has 1 atom stereocenters. The Morgan fingerprint density at radius 3 is 2.64 bits per heavy atom. The highest BCUT2D eigenvalue weighted by molar-refractivity contribution is 5.30. The predicted molar refractivity (Wildman–Crippen MR) is 58.3 cm³/mol. The maximum Gasteiger partial charge on any atom is 0.0436 e. The molecular weight excluding hydrogens is 172 g/mol. The van der Waals surface area contributed by atoms with Crippen molar-refractivity contribution < 1.29 is 5.11 Å². The molecule has 0 heterocycles. The molecule has 0 saturated heterocycles. The smallest absolute Gasteiger partial charge is 0.0436 e. The SMILES string of the molecule is Cc1ccccc1C(CCO)C1CC1. The summed E-state index contributed by atoms with van der Waals surface area (Å²) in [7, 11) is 0. The fourth-order valence-corrected chi connectivity index (χ4v) is 2.29. The summed E-state index contributed by atoms with van der Waals surface area (Å²) < 4.78 is 0. The summed E-state index contributed by atoms with van der Waals surface area (Å²) in [5.74, 6) is 1.43. The Bertz CT molecular complexity index is 302. The van der Waals surface area contributed by atoms with Crippen molar-refractivity contribution in [1.29, 1.82) is 0 Å². The van der Waals surface area contributed by atoms with Gasteiger partial charge < -0.3 is 5.11 Å².